The van der Waals surface area contributed by atoms with Gasteiger partial charge in [0.05, 0.1) is 16.6 Å². The summed E-state index contributed by atoms with van der Waals surface area (Å²) < 4.78 is 6.48. The molecule has 2 saturated heterocycles. The predicted molar refractivity (Wildman–Crippen MR) is 137 cm³/mol. The maximum absolute atomic E-state index is 11.7. The molecule has 2 aromatic rings. The number of carboxylic acid groups (broad SMARTS) is 1. The van der Waals surface area contributed by atoms with Crippen molar-refractivity contribution < 1.29 is 14.6 Å². The number of halogens is 1. The van der Waals surface area contributed by atoms with Crippen LogP contribution < -0.4 is 15.5 Å². The van der Waals surface area contributed by atoms with E-state index >= 15 is 0 Å². The number of rotatable bonds is 6. The Kier molecular flexibility index (Phi) is 7.47. The van der Waals surface area contributed by atoms with Crippen molar-refractivity contribution in [1.29, 1.82) is 0 Å². The third-order valence-corrected chi connectivity index (χ3v) is 6.96. The van der Waals surface area contributed by atoms with Crippen LogP contribution in [-0.2, 0) is 4.74 Å². The Morgan fingerprint density at radius 2 is 2.03 bits per heavy atom. The normalized spacial score (nSPS) is 20.9. The molecule has 2 fully saturated rings. The molecule has 34 heavy (non-hydrogen) atoms. The maximum atomic E-state index is 11.7. The number of carbonyl (C=O) groups is 1. The van der Waals surface area contributed by atoms with Crippen molar-refractivity contribution in [1.82, 2.24) is 14.9 Å². The van der Waals surface area contributed by atoms with Crippen LogP contribution in [0, 0.1) is 5.41 Å². The molecule has 10 heteroatoms. The minimum Gasteiger partial charge on any atom is -0.465 e. The summed E-state index contributed by atoms with van der Waals surface area (Å²) in [4.78, 5) is 24.5. The molecule has 0 saturated carbocycles. The highest BCUT2D eigenvalue weighted by atomic mass is 79.9. The lowest BCUT2D eigenvalue weighted by molar-refractivity contribution is 0.0748. The van der Waals surface area contributed by atoms with Gasteiger partial charge in [-0.15, -0.1) is 0 Å². The van der Waals surface area contributed by atoms with Crippen LogP contribution >= 0.6 is 15.9 Å². The number of hydrogen-bond acceptors (Lipinski definition) is 7. The van der Waals surface area contributed by atoms with Crippen LogP contribution in [0.5, 0.6) is 0 Å². The summed E-state index contributed by atoms with van der Waals surface area (Å²) >= 11 is 3.51. The first-order valence-corrected chi connectivity index (χ1v) is 12.5. The van der Waals surface area contributed by atoms with E-state index in [9.17, 15) is 9.90 Å². The van der Waals surface area contributed by atoms with E-state index in [2.05, 4.69) is 62.2 Å². The minimum atomic E-state index is -0.849. The summed E-state index contributed by atoms with van der Waals surface area (Å²) in [5.74, 6) is 1.24. The Morgan fingerprint density at radius 3 is 2.68 bits per heavy atom. The second kappa shape index (κ2) is 10.4. The molecular weight excluding hydrogens is 500 g/mol. The zero-order valence-corrected chi connectivity index (χ0v) is 21.5. The predicted octanol–water partition coefficient (Wildman–Crippen LogP) is 4.79. The van der Waals surface area contributed by atoms with Crippen LogP contribution in [0.25, 0.3) is 0 Å². The van der Waals surface area contributed by atoms with Crippen molar-refractivity contribution in [2.45, 2.75) is 45.8 Å². The molecule has 9 nitrogen and oxygen atoms in total. The number of piperazine rings is 1. The summed E-state index contributed by atoms with van der Waals surface area (Å²) in [6, 6.07) is 8.02. The molecule has 1 aromatic carbocycles. The molecule has 2 atom stereocenters. The third-order valence-electron chi connectivity index (χ3n) is 6.38. The summed E-state index contributed by atoms with van der Waals surface area (Å²) in [7, 11) is 0. The molecular formula is C24H33BrN6O3. The van der Waals surface area contributed by atoms with Gasteiger partial charge in [-0.1, -0.05) is 20.8 Å². The molecule has 184 valence electrons. The van der Waals surface area contributed by atoms with Crippen LogP contribution in [0.1, 0.15) is 33.6 Å². The number of benzene rings is 1. The van der Waals surface area contributed by atoms with Crippen molar-refractivity contribution in [2.75, 3.05) is 48.3 Å². The second-order valence-electron chi connectivity index (χ2n) is 9.88. The van der Waals surface area contributed by atoms with Crippen molar-refractivity contribution in [2.24, 2.45) is 5.41 Å². The molecule has 3 heterocycles. The lowest BCUT2D eigenvalue weighted by Gasteiger charge is -2.46. The van der Waals surface area contributed by atoms with Gasteiger partial charge in [0.25, 0.3) is 0 Å². The Labute approximate surface area is 209 Å². The maximum Gasteiger partial charge on any atom is 0.407 e. The van der Waals surface area contributed by atoms with Crippen molar-refractivity contribution >= 4 is 45.2 Å². The number of aromatic nitrogens is 2. The van der Waals surface area contributed by atoms with Gasteiger partial charge in [-0.25, -0.2) is 9.78 Å². The van der Waals surface area contributed by atoms with Crippen LogP contribution in [0.3, 0.4) is 0 Å². The first-order valence-electron chi connectivity index (χ1n) is 11.7. The second-order valence-corrected chi connectivity index (χ2v) is 10.7. The monoisotopic (exact) mass is 532 g/mol. The van der Waals surface area contributed by atoms with Gasteiger partial charge in [0.15, 0.2) is 0 Å². The van der Waals surface area contributed by atoms with Gasteiger partial charge in [-0.2, -0.15) is 4.98 Å². The molecule has 0 aliphatic carbocycles. The van der Waals surface area contributed by atoms with Gasteiger partial charge < -0.3 is 30.3 Å². The SMILES string of the molecule is CC(C)(C)C1CN(c2ccc(Nc3ncc(Br)c(NCC4CCCO4)n3)cc2)CCN1C(=O)O. The molecule has 2 aliphatic heterocycles. The zero-order valence-electron chi connectivity index (χ0n) is 19.9. The fraction of sp³-hybridized carbons (Fsp3) is 0.542. The molecule has 0 radical (unpaired) electrons. The molecule has 3 N–H and O–H groups in total. The van der Waals surface area contributed by atoms with Crippen molar-refractivity contribution in [3.63, 3.8) is 0 Å². The van der Waals surface area contributed by atoms with Gasteiger partial charge in [0, 0.05) is 50.4 Å². The molecule has 2 unspecified atom stereocenters. The highest BCUT2D eigenvalue weighted by Gasteiger charge is 2.38. The van der Waals surface area contributed by atoms with E-state index < -0.39 is 6.09 Å². The smallest absolute Gasteiger partial charge is 0.407 e. The molecule has 0 spiro atoms. The van der Waals surface area contributed by atoms with Gasteiger partial charge in [0.2, 0.25) is 5.95 Å². The largest absolute Gasteiger partial charge is 0.465 e. The van der Waals surface area contributed by atoms with Crippen LogP contribution in [-0.4, -0.2) is 71.0 Å². The number of amides is 1. The van der Waals surface area contributed by atoms with E-state index in [1.54, 1.807) is 11.1 Å². The van der Waals surface area contributed by atoms with Gasteiger partial charge in [-0.3, -0.25) is 0 Å². The highest BCUT2D eigenvalue weighted by Crippen LogP contribution is 2.31. The lowest BCUT2D eigenvalue weighted by atomic mass is 9.84. The summed E-state index contributed by atoms with van der Waals surface area (Å²) in [5.41, 5.74) is 1.81. The zero-order chi connectivity index (χ0) is 24.3. The summed E-state index contributed by atoms with van der Waals surface area (Å²) in [5, 5.41) is 16.2. The lowest BCUT2D eigenvalue weighted by Crippen LogP contribution is -2.59. The topological polar surface area (TPSA) is 103 Å². The van der Waals surface area contributed by atoms with E-state index in [4.69, 9.17) is 4.74 Å². The standard InChI is InChI=1S/C24H33BrN6O3/c1-24(2,3)20-15-30(10-11-31(20)23(32)33)17-8-6-16(7-9-17)28-22-27-14-19(25)21(29-22)26-13-18-5-4-12-34-18/h6-9,14,18,20H,4-5,10-13,15H2,1-3H3,(H,32,33)(H2,26,27,28,29). The third kappa shape index (κ3) is 5.90. The number of nitrogens with one attached hydrogen (secondary N) is 2. The Hall–Kier alpha value is -2.59. The van der Waals surface area contributed by atoms with E-state index in [1.807, 2.05) is 24.3 Å². The average molecular weight is 533 g/mol. The fourth-order valence-electron chi connectivity index (χ4n) is 4.44. The summed E-state index contributed by atoms with van der Waals surface area (Å²) in [6.45, 7) is 9.64. The average Bonchev–Trinajstić information content (AvgIpc) is 3.32. The Morgan fingerprint density at radius 1 is 1.26 bits per heavy atom. The number of nitrogens with zero attached hydrogens (tertiary/aromatic N) is 4. The number of anilines is 4. The molecule has 2 aliphatic rings. The molecule has 4 rings (SSSR count). The first kappa shape index (κ1) is 24.5. The number of ether oxygens (including phenoxy) is 1. The van der Waals surface area contributed by atoms with Crippen molar-refractivity contribution in [3.05, 3.63) is 34.9 Å². The van der Waals surface area contributed by atoms with E-state index in [0.717, 1.165) is 41.1 Å². The fourth-order valence-corrected chi connectivity index (χ4v) is 4.77. The van der Waals surface area contributed by atoms with Crippen LogP contribution in [0.15, 0.2) is 34.9 Å². The minimum absolute atomic E-state index is 0.0757. The first-order chi connectivity index (χ1) is 16.2. The van der Waals surface area contributed by atoms with Gasteiger partial charge in [0.1, 0.15) is 5.82 Å². The molecule has 0 bridgehead atoms. The number of hydrogen-bond donors (Lipinski definition) is 3. The van der Waals surface area contributed by atoms with Gasteiger partial charge >= 0.3 is 6.09 Å². The Bertz CT molecular complexity index is 991. The quantitative estimate of drug-likeness (QED) is 0.487. The van der Waals surface area contributed by atoms with E-state index in [0.29, 0.717) is 32.1 Å². The molecule has 1 aromatic heterocycles. The van der Waals surface area contributed by atoms with Crippen LogP contribution in [0.2, 0.25) is 0 Å². The summed E-state index contributed by atoms with van der Waals surface area (Å²) in [6.07, 6.45) is 3.27. The molecule has 1 amide bonds. The van der Waals surface area contributed by atoms with E-state index in [-0.39, 0.29) is 17.6 Å². The van der Waals surface area contributed by atoms with Crippen LogP contribution in [0.4, 0.5) is 27.9 Å². The van der Waals surface area contributed by atoms with E-state index in [1.165, 1.54) is 0 Å². The Balaban J connectivity index is 1.40. The highest BCUT2D eigenvalue weighted by molar-refractivity contribution is 9.10. The van der Waals surface area contributed by atoms with Gasteiger partial charge in [-0.05, 0) is 58.5 Å². The van der Waals surface area contributed by atoms with Crippen molar-refractivity contribution in [3.8, 4) is 0 Å².